The first-order chi connectivity index (χ1) is 15.6. The molecule has 1 heterocycles. The number of carbonyl (C=O) groups is 2. The first kappa shape index (κ1) is 24.4. The predicted molar refractivity (Wildman–Crippen MR) is 121 cm³/mol. The summed E-state index contributed by atoms with van der Waals surface area (Å²) in [5, 5.41) is 11.1. The van der Waals surface area contributed by atoms with Crippen molar-refractivity contribution in [2.75, 3.05) is 41.5 Å². The average Bonchev–Trinajstić information content (AvgIpc) is 3.07. The highest BCUT2D eigenvalue weighted by atomic mass is 32.2. The van der Waals surface area contributed by atoms with E-state index in [9.17, 15) is 23.1 Å². The van der Waals surface area contributed by atoms with Gasteiger partial charge >= 0.3 is 0 Å². The summed E-state index contributed by atoms with van der Waals surface area (Å²) < 4.78 is 36.1. The molecule has 1 N–H and O–H groups in total. The fourth-order valence-corrected chi connectivity index (χ4v) is 4.51. The monoisotopic (exact) mass is 474 g/mol. The van der Waals surface area contributed by atoms with Gasteiger partial charge in [0, 0.05) is 33.3 Å². The topological polar surface area (TPSA) is 113 Å². The third kappa shape index (κ3) is 4.63. The van der Waals surface area contributed by atoms with Gasteiger partial charge in [-0.25, -0.2) is 12.7 Å². The van der Waals surface area contributed by atoms with Crippen molar-refractivity contribution in [1.29, 1.82) is 0 Å². The van der Waals surface area contributed by atoms with Gasteiger partial charge in [0.25, 0.3) is 11.7 Å². The molecule has 0 aliphatic carbocycles. The summed E-state index contributed by atoms with van der Waals surface area (Å²) in [6, 6.07) is 11.5. The van der Waals surface area contributed by atoms with Crippen LogP contribution in [0.4, 0.5) is 0 Å². The van der Waals surface area contributed by atoms with Gasteiger partial charge in [-0.15, -0.1) is 0 Å². The lowest BCUT2D eigenvalue weighted by Crippen LogP contribution is -2.32. The van der Waals surface area contributed by atoms with E-state index in [1.165, 1.54) is 57.5 Å². The van der Waals surface area contributed by atoms with Gasteiger partial charge in [-0.05, 0) is 42.0 Å². The van der Waals surface area contributed by atoms with Crippen LogP contribution in [-0.2, 0) is 24.3 Å². The summed E-state index contributed by atoms with van der Waals surface area (Å²) >= 11 is 0. The van der Waals surface area contributed by atoms with Gasteiger partial charge in [0.1, 0.15) is 11.5 Å². The maximum absolute atomic E-state index is 13.0. The molecule has 2 aromatic rings. The van der Waals surface area contributed by atoms with Crippen LogP contribution < -0.4 is 4.74 Å². The van der Waals surface area contributed by atoms with Crippen LogP contribution in [0.25, 0.3) is 5.76 Å². The number of aliphatic hydroxyl groups is 1. The second-order valence-electron chi connectivity index (χ2n) is 7.57. The number of aliphatic hydroxyl groups excluding tert-OH is 1. The summed E-state index contributed by atoms with van der Waals surface area (Å²) in [6.45, 7) is 0.338. The molecule has 1 saturated heterocycles. The van der Waals surface area contributed by atoms with E-state index in [0.717, 1.165) is 4.31 Å². The number of nitrogens with zero attached hydrogens (tertiary/aromatic N) is 2. The van der Waals surface area contributed by atoms with Gasteiger partial charge in [0.2, 0.25) is 10.0 Å². The van der Waals surface area contributed by atoms with Crippen LogP contribution in [0.3, 0.4) is 0 Å². The van der Waals surface area contributed by atoms with Crippen LogP contribution in [-0.4, -0.2) is 75.9 Å². The molecule has 1 fully saturated rings. The molecular weight excluding hydrogens is 448 g/mol. The molecule has 2 aromatic carbocycles. The summed E-state index contributed by atoms with van der Waals surface area (Å²) in [5.74, 6) is -1.45. The number of rotatable bonds is 8. The Bertz CT molecular complexity index is 1190. The number of methoxy groups -OCH3 is 2. The highest BCUT2D eigenvalue weighted by Crippen LogP contribution is 2.40. The summed E-state index contributed by atoms with van der Waals surface area (Å²) in [5.41, 5.74) is 0.705. The Morgan fingerprint density at radius 3 is 2.33 bits per heavy atom. The van der Waals surface area contributed by atoms with E-state index in [-0.39, 0.29) is 29.2 Å². The summed E-state index contributed by atoms with van der Waals surface area (Å²) in [7, 11) is 2.16. The highest BCUT2D eigenvalue weighted by Gasteiger charge is 2.46. The van der Waals surface area contributed by atoms with Gasteiger partial charge in [-0.2, -0.15) is 0 Å². The molecule has 0 bridgehead atoms. The Morgan fingerprint density at radius 1 is 1.09 bits per heavy atom. The predicted octanol–water partition coefficient (Wildman–Crippen LogP) is 2.01. The van der Waals surface area contributed by atoms with Crippen molar-refractivity contribution in [2.24, 2.45) is 0 Å². The molecule has 33 heavy (non-hydrogen) atoms. The van der Waals surface area contributed by atoms with E-state index in [0.29, 0.717) is 11.3 Å². The Hall–Kier alpha value is -3.21. The smallest absolute Gasteiger partial charge is 0.295 e. The maximum Gasteiger partial charge on any atom is 0.295 e. The van der Waals surface area contributed by atoms with E-state index in [4.69, 9.17) is 9.47 Å². The van der Waals surface area contributed by atoms with Crippen LogP contribution >= 0.6 is 0 Å². The fourth-order valence-electron chi connectivity index (χ4n) is 3.61. The van der Waals surface area contributed by atoms with Gasteiger partial charge in [-0.3, -0.25) is 9.59 Å². The van der Waals surface area contributed by atoms with Crippen molar-refractivity contribution in [2.45, 2.75) is 10.9 Å². The number of ketones is 1. The lowest BCUT2D eigenvalue weighted by molar-refractivity contribution is -0.140. The molecule has 176 valence electrons. The van der Waals surface area contributed by atoms with Crippen LogP contribution in [0.5, 0.6) is 5.75 Å². The van der Waals surface area contributed by atoms with E-state index in [1.807, 2.05) is 0 Å². The number of carbonyl (C=O) groups excluding carboxylic acids is 2. The number of benzene rings is 2. The van der Waals surface area contributed by atoms with Crippen molar-refractivity contribution < 1.29 is 32.6 Å². The number of hydrogen-bond donors (Lipinski definition) is 1. The first-order valence-corrected chi connectivity index (χ1v) is 11.5. The molecule has 1 atom stereocenters. The number of Topliss-reactive ketones (excluding diaryl/α,β-unsaturated/α-hetero) is 1. The van der Waals surface area contributed by atoms with Crippen LogP contribution in [0.2, 0.25) is 0 Å². The zero-order valence-corrected chi connectivity index (χ0v) is 19.6. The molecule has 0 aromatic heterocycles. The van der Waals surface area contributed by atoms with Crippen LogP contribution in [0.1, 0.15) is 17.2 Å². The van der Waals surface area contributed by atoms with Crippen molar-refractivity contribution in [1.82, 2.24) is 9.21 Å². The van der Waals surface area contributed by atoms with Crippen LogP contribution in [0, 0.1) is 0 Å². The summed E-state index contributed by atoms with van der Waals surface area (Å²) in [4.78, 5) is 27.2. The molecule has 0 radical (unpaired) electrons. The van der Waals surface area contributed by atoms with Gasteiger partial charge in [0.15, 0.2) is 0 Å². The minimum atomic E-state index is -3.66. The van der Waals surface area contributed by atoms with Crippen molar-refractivity contribution in [3.05, 3.63) is 65.2 Å². The lowest BCUT2D eigenvalue weighted by Gasteiger charge is -2.25. The highest BCUT2D eigenvalue weighted by molar-refractivity contribution is 7.89. The third-order valence-electron chi connectivity index (χ3n) is 5.39. The molecule has 0 saturated carbocycles. The molecular formula is C23H26N2O7S. The first-order valence-electron chi connectivity index (χ1n) is 10.1. The van der Waals surface area contributed by atoms with E-state index >= 15 is 0 Å². The normalized spacial score (nSPS) is 18.2. The number of ether oxygens (including phenoxy) is 2. The number of sulfonamides is 1. The van der Waals surface area contributed by atoms with E-state index in [2.05, 4.69) is 0 Å². The minimum absolute atomic E-state index is 0.0361. The number of hydrogen-bond acceptors (Lipinski definition) is 7. The van der Waals surface area contributed by atoms with Gasteiger partial charge in [0.05, 0.1) is 30.2 Å². The van der Waals surface area contributed by atoms with Gasteiger partial charge < -0.3 is 19.5 Å². The van der Waals surface area contributed by atoms with Gasteiger partial charge in [-0.1, -0.05) is 12.1 Å². The molecule has 10 heteroatoms. The standard InChI is InChI=1S/C23H26N2O7S/c1-24(2)33(29,30)18-10-8-15(9-11-18)21(26)19-20(16-6-5-7-17(14-16)32-4)25(12-13-31-3)23(28)22(19)27/h5-11,14,20,26H,12-13H2,1-4H3. The Balaban J connectivity index is 2.14. The van der Waals surface area contributed by atoms with Crippen molar-refractivity contribution in [3.63, 3.8) is 0 Å². The quantitative estimate of drug-likeness (QED) is 0.354. The Labute approximate surface area is 192 Å². The molecule has 1 aliphatic heterocycles. The Morgan fingerprint density at radius 2 is 1.76 bits per heavy atom. The minimum Gasteiger partial charge on any atom is -0.507 e. The molecule has 1 amide bonds. The second-order valence-corrected chi connectivity index (χ2v) is 9.73. The lowest BCUT2D eigenvalue weighted by atomic mass is 9.95. The van der Waals surface area contributed by atoms with Crippen LogP contribution in [0.15, 0.2) is 59.0 Å². The fraction of sp³-hybridized carbons (Fsp3) is 0.304. The molecule has 1 aliphatic rings. The Kier molecular flexibility index (Phi) is 7.21. The van der Waals surface area contributed by atoms with E-state index < -0.39 is 33.5 Å². The van der Waals surface area contributed by atoms with Crippen molar-refractivity contribution >= 4 is 27.5 Å². The molecule has 9 nitrogen and oxygen atoms in total. The molecule has 1 unspecified atom stereocenters. The SMILES string of the molecule is COCCN1C(=O)C(=O)C(=C(O)c2ccc(S(=O)(=O)N(C)C)cc2)C1c1cccc(OC)c1. The summed E-state index contributed by atoms with van der Waals surface area (Å²) in [6.07, 6.45) is 0. The number of amides is 1. The largest absolute Gasteiger partial charge is 0.507 e. The van der Waals surface area contributed by atoms with Crippen molar-refractivity contribution in [3.8, 4) is 5.75 Å². The average molecular weight is 475 g/mol. The second kappa shape index (κ2) is 9.74. The molecule has 0 spiro atoms. The number of likely N-dealkylation sites (tertiary alicyclic amines) is 1. The van der Waals surface area contributed by atoms with E-state index in [1.54, 1.807) is 24.3 Å². The zero-order chi connectivity index (χ0) is 24.3. The molecule has 3 rings (SSSR count). The third-order valence-corrected chi connectivity index (χ3v) is 7.22. The maximum atomic E-state index is 13.0. The zero-order valence-electron chi connectivity index (χ0n) is 18.8.